The molecular weight excluding hydrogens is 192 g/mol. The van der Waals surface area contributed by atoms with E-state index in [0.717, 1.165) is 4.90 Å². The first-order valence-corrected chi connectivity index (χ1v) is 4.58. The third-order valence-corrected chi connectivity index (χ3v) is 2.40. The quantitative estimate of drug-likeness (QED) is 0.646. The Morgan fingerprint density at radius 1 is 1.43 bits per heavy atom. The molecule has 1 atom stereocenters. The zero-order chi connectivity index (χ0) is 10.9. The van der Waals surface area contributed by atoms with Crippen LogP contribution in [0, 0.1) is 5.92 Å². The van der Waals surface area contributed by atoms with E-state index in [1.807, 2.05) is 0 Å². The summed E-state index contributed by atoms with van der Waals surface area (Å²) in [4.78, 5) is 23.4. The molecule has 0 saturated carbocycles. The lowest BCUT2D eigenvalue weighted by Crippen LogP contribution is -2.60. The molecule has 0 N–H and O–H groups in total. The Balaban J connectivity index is 2.48. The lowest BCUT2D eigenvalue weighted by Gasteiger charge is -2.38. The van der Waals surface area contributed by atoms with Crippen molar-refractivity contribution in [1.82, 2.24) is 4.90 Å². The molecule has 3 nitrogen and oxygen atoms in total. The maximum Gasteiger partial charge on any atom is 0.290 e. The van der Waals surface area contributed by atoms with Crippen molar-refractivity contribution in [3.05, 3.63) is 0 Å². The Hall–Kier alpha value is -1.00. The predicted octanol–water partition coefficient (Wildman–Crippen LogP) is 1.08. The molecule has 1 aliphatic rings. The Labute approximate surface area is 81.1 Å². The van der Waals surface area contributed by atoms with Crippen LogP contribution in [0.15, 0.2) is 0 Å². The van der Waals surface area contributed by atoms with E-state index < -0.39 is 30.7 Å². The summed E-state index contributed by atoms with van der Waals surface area (Å²) in [5.74, 6) is -4.52. The molecule has 1 saturated heterocycles. The highest BCUT2D eigenvalue weighted by Gasteiger charge is 2.47. The summed E-state index contributed by atoms with van der Waals surface area (Å²) >= 11 is 0. The van der Waals surface area contributed by atoms with Crippen LogP contribution in [0.4, 0.5) is 8.78 Å². The van der Waals surface area contributed by atoms with E-state index in [2.05, 4.69) is 0 Å². The number of ketones is 1. The highest BCUT2D eigenvalue weighted by Crippen LogP contribution is 2.27. The number of hydrogen-bond donors (Lipinski definition) is 0. The third kappa shape index (κ3) is 2.08. The van der Waals surface area contributed by atoms with Gasteiger partial charge in [0.05, 0.1) is 13.1 Å². The molecule has 1 heterocycles. The van der Waals surface area contributed by atoms with Gasteiger partial charge in [0.15, 0.2) is 0 Å². The van der Waals surface area contributed by atoms with Gasteiger partial charge in [-0.3, -0.25) is 9.59 Å². The van der Waals surface area contributed by atoms with Crippen molar-refractivity contribution in [2.75, 3.05) is 13.1 Å². The van der Waals surface area contributed by atoms with Gasteiger partial charge in [0.25, 0.3) is 11.8 Å². The van der Waals surface area contributed by atoms with Crippen molar-refractivity contribution in [1.29, 1.82) is 0 Å². The summed E-state index contributed by atoms with van der Waals surface area (Å²) in [6.45, 7) is 2.17. The Kier molecular flexibility index (Phi) is 2.87. The van der Waals surface area contributed by atoms with Crippen molar-refractivity contribution in [3.8, 4) is 0 Å². The largest absolute Gasteiger partial charge is 0.324 e. The number of amides is 1. The third-order valence-electron chi connectivity index (χ3n) is 2.40. The number of carbonyl (C=O) groups is 2. The van der Waals surface area contributed by atoms with Gasteiger partial charge in [0, 0.05) is 5.92 Å². The average Bonchev–Trinajstić information content (AvgIpc) is 2.10. The molecule has 80 valence electrons. The number of halogens is 2. The molecule has 1 amide bonds. The molecule has 0 spiro atoms. The maximum atomic E-state index is 12.4. The van der Waals surface area contributed by atoms with E-state index in [9.17, 15) is 18.4 Å². The second kappa shape index (κ2) is 3.63. The zero-order valence-corrected chi connectivity index (χ0v) is 8.22. The van der Waals surface area contributed by atoms with Crippen molar-refractivity contribution in [3.63, 3.8) is 0 Å². The Morgan fingerprint density at radius 2 is 1.93 bits per heavy atom. The predicted molar refractivity (Wildman–Crippen MR) is 46.0 cm³/mol. The Morgan fingerprint density at radius 3 is 2.29 bits per heavy atom. The van der Waals surface area contributed by atoms with Crippen LogP contribution in [-0.4, -0.2) is 35.6 Å². The summed E-state index contributed by atoms with van der Waals surface area (Å²) in [6, 6.07) is 0. The second-order valence-corrected chi connectivity index (χ2v) is 3.69. The molecule has 14 heavy (non-hydrogen) atoms. The highest BCUT2D eigenvalue weighted by atomic mass is 19.3. The van der Waals surface area contributed by atoms with Crippen LogP contribution in [0.2, 0.25) is 0 Å². The first-order chi connectivity index (χ1) is 6.37. The van der Waals surface area contributed by atoms with E-state index in [1.165, 1.54) is 0 Å². The van der Waals surface area contributed by atoms with Gasteiger partial charge < -0.3 is 4.90 Å². The number of likely N-dealkylation sites (tertiary alicyclic amines) is 1. The van der Waals surface area contributed by atoms with Crippen LogP contribution in [0.1, 0.15) is 20.3 Å². The highest BCUT2D eigenvalue weighted by molar-refractivity contribution is 6.36. The molecule has 1 fully saturated rings. The minimum Gasteiger partial charge on any atom is -0.324 e. The standard InChI is InChI=1S/C9H13F2NO2/c1-3-6(2)7(13)8(14)12-4-9(10,11)5-12/h6H,3-5H2,1-2H3. The lowest BCUT2D eigenvalue weighted by atomic mass is 10.0. The minimum atomic E-state index is -2.80. The SMILES string of the molecule is CCC(C)C(=O)C(=O)N1CC(F)(F)C1. The number of rotatable bonds is 3. The van der Waals surface area contributed by atoms with E-state index in [0.29, 0.717) is 6.42 Å². The molecular formula is C9H13F2NO2. The lowest BCUT2D eigenvalue weighted by molar-refractivity contribution is -0.170. The van der Waals surface area contributed by atoms with Gasteiger partial charge in [0.2, 0.25) is 5.78 Å². The summed E-state index contributed by atoms with van der Waals surface area (Å²) in [5.41, 5.74) is 0. The summed E-state index contributed by atoms with van der Waals surface area (Å²) in [6.07, 6.45) is 0.550. The van der Waals surface area contributed by atoms with Crippen LogP contribution < -0.4 is 0 Å². The number of Topliss-reactive ketones (excluding diaryl/α,β-unsaturated/α-hetero) is 1. The maximum absolute atomic E-state index is 12.4. The van der Waals surface area contributed by atoms with E-state index in [-0.39, 0.29) is 5.92 Å². The van der Waals surface area contributed by atoms with Crippen LogP contribution >= 0.6 is 0 Å². The van der Waals surface area contributed by atoms with Gasteiger partial charge in [-0.2, -0.15) is 0 Å². The van der Waals surface area contributed by atoms with E-state index in [4.69, 9.17) is 0 Å². The van der Waals surface area contributed by atoms with Crippen LogP contribution in [0.25, 0.3) is 0 Å². The van der Waals surface area contributed by atoms with Gasteiger partial charge in [0.1, 0.15) is 0 Å². The zero-order valence-electron chi connectivity index (χ0n) is 8.22. The molecule has 1 unspecified atom stereocenters. The fourth-order valence-electron chi connectivity index (χ4n) is 1.21. The van der Waals surface area contributed by atoms with E-state index >= 15 is 0 Å². The average molecular weight is 205 g/mol. The molecule has 0 aromatic carbocycles. The summed E-state index contributed by atoms with van der Waals surface area (Å²) in [7, 11) is 0. The van der Waals surface area contributed by atoms with Gasteiger partial charge in [-0.05, 0) is 6.42 Å². The van der Waals surface area contributed by atoms with Crippen LogP contribution in [0.3, 0.4) is 0 Å². The molecule has 0 radical (unpaired) electrons. The topological polar surface area (TPSA) is 37.4 Å². The molecule has 0 aromatic heterocycles. The number of nitrogens with zero attached hydrogens (tertiary/aromatic N) is 1. The second-order valence-electron chi connectivity index (χ2n) is 3.69. The molecule has 0 bridgehead atoms. The molecule has 1 rings (SSSR count). The normalized spacial score (nSPS) is 21.3. The van der Waals surface area contributed by atoms with Gasteiger partial charge in [-0.15, -0.1) is 0 Å². The number of carbonyl (C=O) groups excluding carboxylic acids is 2. The van der Waals surface area contributed by atoms with Crippen molar-refractivity contribution in [2.24, 2.45) is 5.92 Å². The van der Waals surface area contributed by atoms with Gasteiger partial charge >= 0.3 is 0 Å². The monoisotopic (exact) mass is 205 g/mol. The van der Waals surface area contributed by atoms with Crippen LogP contribution in [-0.2, 0) is 9.59 Å². The van der Waals surface area contributed by atoms with Crippen molar-refractivity contribution < 1.29 is 18.4 Å². The van der Waals surface area contributed by atoms with Gasteiger partial charge in [-0.1, -0.05) is 13.8 Å². The fraction of sp³-hybridized carbons (Fsp3) is 0.778. The molecule has 5 heteroatoms. The summed E-state index contributed by atoms with van der Waals surface area (Å²) in [5, 5.41) is 0. The molecule has 1 aliphatic heterocycles. The number of alkyl halides is 2. The van der Waals surface area contributed by atoms with Crippen molar-refractivity contribution in [2.45, 2.75) is 26.2 Å². The van der Waals surface area contributed by atoms with E-state index in [1.54, 1.807) is 13.8 Å². The fourth-order valence-corrected chi connectivity index (χ4v) is 1.21. The first-order valence-electron chi connectivity index (χ1n) is 4.58. The Bertz CT molecular complexity index is 258. The first kappa shape index (κ1) is 11.1. The molecule has 0 aliphatic carbocycles. The minimum absolute atomic E-state index is 0.378. The summed E-state index contributed by atoms with van der Waals surface area (Å²) < 4.78 is 24.8. The number of hydrogen-bond acceptors (Lipinski definition) is 2. The smallest absolute Gasteiger partial charge is 0.290 e. The van der Waals surface area contributed by atoms with Gasteiger partial charge in [-0.25, -0.2) is 8.78 Å². The van der Waals surface area contributed by atoms with Crippen molar-refractivity contribution >= 4 is 11.7 Å². The van der Waals surface area contributed by atoms with Crippen LogP contribution in [0.5, 0.6) is 0 Å². The molecule has 0 aromatic rings.